The number of hydrogen-bond acceptors (Lipinski definition) is 2. The highest BCUT2D eigenvalue weighted by Crippen LogP contribution is 2.21. The Morgan fingerprint density at radius 3 is 3.00 bits per heavy atom. The van der Waals surface area contributed by atoms with Crippen molar-refractivity contribution in [3.63, 3.8) is 0 Å². The number of rotatable bonds is 3. The van der Waals surface area contributed by atoms with Crippen LogP contribution < -0.4 is 0 Å². The first-order valence-corrected chi connectivity index (χ1v) is 6.78. The van der Waals surface area contributed by atoms with Gasteiger partial charge in [0.1, 0.15) is 0 Å². The van der Waals surface area contributed by atoms with Gasteiger partial charge in [0.05, 0.1) is 6.54 Å². The third-order valence-electron chi connectivity index (χ3n) is 2.25. The number of thiophene rings is 1. The number of aryl methyl sites for hydroxylation is 1. The van der Waals surface area contributed by atoms with E-state index < -0.39 is 0 Å². The first-order chi connectivity index (χ1) is 7.20. The number of hydrogen-bond donors (Lipinski definition) is 1. The van der Waals surface area contributed by atoms with Gasteiger partial charge in [-0.3, -0.25) is 0 Å². The SMILES string of the molecule is CCc1c[nH]c(=S)n1Cc1cc(Br)cs1. The van der Waals surface area contributed by atoms with Crippen LogP contribution in [0.2, 0.25) is 0 Å². The first-order valence-electron chi connectivity index (χ1n) is 4.70. The Morgan fingerprint density at radius 1 is 1.60 bits per heavy atom. The van der Waals surface area contributed by atoms with Crippen molar-refractivity contribution in [2.75, 3.05) is 0 Å². The molecule has 0 radical (unpaired) electrons. The summed E-state index contributed by atoms with van der Waals surface area (Å²) < 4.78 is 4.09. The number of nitrogens with zero attached hydrogens (tertiary/aromatic N) is 1. The number of H-pyrrole nitrogens is 1. The third kappa shape index (κ3) is 2.41. The van der Waals surface area contributed by atoms with E-state index in [4.69, 9.17) is 12.2 Å². The molecule has 0 atom stereocenters. The van der Waals surface area contributed by atoms with Crippen molar-refractivity contribution >= 4 is 39.5 Å². The number of nitrogens with one attached hydrogen (secondary N) is 1. The first kappa shape index (κ1) is 11.1. The second-order valence-electron chi connectivity index (χ2n) is 3.26. The van der Waals surface area contributed by atoms with Gasteiger partial charge >= 0.3 is 0 Å². The van der Waals surface area contributed by atoms with Crippen molar-refractivity contribution in [3.05, 3.63) is 37.5 Å². The Kier molecular flexibility index (Phi) is 3.43. The number of aromatic amines is 1. The molecule has 0 saturated carbocycles. The summed E-state index contributed by atoms with van der Waals surface area (Å²) in [7, 11) is 0. The van der Waals surface area contributed by atoms with E-state index in [1.165, 1.54) is 10.6 Å². The van der Waals surface area contributed by atoms with E-state index in [0.717, 1.165) is 22.2 Å². The lowest BCUT2D eigenvalue weighted by atomic mass is 10.3. The van der Waals surface area contributed by atoms with Crippen LogP contribution in [0.3, 0.4) is 0 Å². The Labute approximate surface area is 106 Å². The summed E-state index contributed by atoms with van der Waals surface area (Å²) in [4.78, 5) is 4.40. The van der Waals surface area contributed by atoms with Crippen molar-refractivity contribution in [2.24, 2.45) is 0 Å². The fraction of sp³-hybridized carbons (Fsp3) is 0.300. The number of halogens is 1. The minimum absolute atomic E-state index is 0.802. The lowest BCUT2D eigenvalue weighted by molar-refractivity contribution is 0.745. The maximum atomic E-state index is 5.25. The molecule has 1 N–H and O–H groups in total. The van der Waals surface area contributed by atoms with E-state index >= 15 is 0 Å². The summed E-state index contributed by atoms with van der Waals surface area (Å²) in [5.41, 5.74) is 1.25. The van der Waals surface area contributed by atoms with Gasteiger partial charge in [0, 0.05) is 26.6 Å². The quantitative estimate of drug-likeness (QED) is 0.851. The van der Waals surface area contributed by atoms with Crippen molar-refractivity contribution in [3.8, 4) is 0 Å². The Hall–Kier alpha value is -0.390. The molecule has 0 unspecified atom stereocenters. The third-order valence-corrected chi connectivity index (χ3v) is 4.27. The molecule has 2 heterocycles. The van der Waals surface area contributed by atoms with E-state index in [9.17, 15) is 0 Å². The number of imidazole rings is 1. The fourth-order valence-corrected chi connectivity index (χ4v) is 3.17. The van der Waals surface area contributed by atoms with E-state index in [0.29, 0.717) is 0 Å². The molecule has 0 aliphatic rings. The lowest BCUT2D eigenvalue weighted by Gasteiger charge is -2.04. The second kappa shape index (κ2) is 4.63. The standard InChI is InChI=1S/C10H11BrN2S2/c1-2-8-4-12-10(14)13(8)5-9-3-7(11)6-15-9/h3-4,6H,2,5H2,1H3,(H,12,14). The highest BCUT2D eigenvalue weighted by atomic mass is 79.9. The number of aromatic nitrogens is 2. The average molecular weight is 303 g/mol. The fourth-order valence-electron chi connectivity index (χ4n) is 1.49. The summed E-state index contributed by atoms with van der Waals surface area (Å²) in [5, 5.41) is 2.09. The van der Waals surface area contributed by atoms with Crippen molar-refractivity contribution < 1.29 is 0 Å². The summed E-state index contributed by atoms with van der Waals surface area (Å²) in [6.07, 6.45) is 2.99. The van der Waals surface area contributed by atoms with Crippen LogP contribution in [0.5, 0.6) is 0 Å². The van der Waals surface area contributed by atoms with Crippen LogP contribution in [-0.4, -0.2) is 9.55 Å². The van der Waals surface area contributed by atoms with Crippen LogP contribution in [0.1, 0.15) is 17.5 Å². The zero-order valence-corrected chi connectivity index (χ0v) is 11.5. The van der Waals surface area contributed by atoms with Gasteiger partial charge in [-0.05, 0) is 40.6 Å². The maximum Gasteiger partial charge on any atom is 0.177 e. The molecule has 0 fully saturated rings. The molecule has 2 aromatic heterocycles. The van der Waals surface area contributed by atoms with Crippen molar-refractivity contribution in [2.45, 2.75) is 19.9 Å². The van der Waals surface area contributed by atoms with E-state index in [1.54, 1.807) is 11.3 Å². The summed E-state index contributed by atoms with van der Waals surface area (Å²) in [6, 6.07) is 2.14. The second-order valence-corrected chi connectivity index (χ2v) is 5.55. The molecular weight excluding hydrogens is 292 g/mol. The largest absolute Gasteiger partial charge is 0.337 e. The molecule has 80 valence electrons. The Balaban J connectivity index is 2.31. The van der Waals surface area contributed by atoms with Crippen LogP contribution in [-0.2, 0) is 13.0 Å². The minimum atomic E-state index is 0.802. The molecule has 0 saturated heterocycles. The smallest absolute Gasteiger partial charge is 0.177 e. The van der Waals surface area contributed by atoms with Gasteiger partial charge in [-0.25, -0.2) is 0 Å². The molecule has 0 amide bonds. The van der Waals surface area contributed by atoms with Gasteiger partial charge in [0.2, 0.25) is 0 Å². The predicted octanol–water partition coefficient (Wildman–Crippen LogP) is 3.98. The van der Waals surface area contributed by atoms with E-state index in [1.807, 2.05) is 6.20 Å². The molecule has 0 bridgehead atoms. The molecule has 0 aliphatic carbocycles. The molecule has 0 aliphatic heterocycles. The highest BCUT2D eigenvalue weighted by Gasteiger charge is 2.04. The van der Waals surface area contributed by atoms with Gasteiger partial charge in [-0.15, -0.1) is 11.3 Å². The summed E-state index contributed by atoms with van der Waals surface area (Å²) >= 11 is 10.5. The van der Waals surface area contributed by atoms with E-state index in [2.05, 4.69) is 43.9 Å². The maximum absolute atomic E-state index is 5.25. The normalized spacial score (nSPS) is 10.8. The molecule has 2 rings (SSSR count). The molecule has 0 spiro atoms. The lowest BCUT2D eigenvalue weighted by Crippen LogP contribution is -2.02. The zero-order chi connectivity index (χ0) is 10.8. The van der Waals surface area contributed by atoms with Crippen LogP contribution in [0, 0.1) is 4.77 Å². The van der Waals surface area contributed by atoms with Crippen LogP contribution >= 0.6 is 39.5 Å². The molecule has 15 heavy (non-hydrogen) atoms. The van der Waals surface area contributed by atoms with Crippen molar-refractivity contribution in [1.29, 1.82) is 0 Å². The molecular formula is C10H11BrN2S2. The van der Waals surface area contributed by atoms with Crippen LogP contribution in [0.25, 0.3) is 0 Å². The highest BCUT2D eigenvalue weighted by molar-refractivity contribution is 9.10. The van der Waals surface area contributed by atoms with Crippen LogP contribution in [0.4, 0.5) is 0 Å². The van der Waals surface area contributed by atoms with Gasteiger partial charge in [-0.2, -0.15) is 0 Å². The van der Waals surface area contributed by atoms with Gasteiger partial charge in [0.25, 0.3) is 0 Å². The predicted molar refractivity (Wildman–Crippen MR) is 70.1 cm³/mol. The molecule has 2 aromatic rings. The summed E-state index contributed by atoms with van der Waals surface area (Å²) in [5.74, 6) is 0. The van der Waals surface area contributed by atoms with Gasteiger partial charge < -0.3 is 9.55 Å². The molecule has 2 nitrogen and oxygen atoms in total. The Bertz CT molecular complexity index is 509. The molecule has 0 aromatic carbocycles. The average Bonchev–Trinajstić information content (AvgIpc) is 2.76. The van der Waals surface area contributed by atoms with E-state index in [-0.39, 0.29) is 0 Å². The summed E-state index contributed by atoms with van der Waals surface area (Å²) in [6.45, 7) is 3.00. The molecule has 5 heteroatoms. The van der Waals surface area contributed by atoms with Gasteiger partial charge in [0.15, 0.2) is 4.77 Å². The Morgan fingerprint density at radius 2 is 2.40 bits per heavy atom. The minimum Gasteiger partial charge on any atom is -0.337 e. The topological polar surface area (TPSA) is 20.7 Å². The monoisotopic (exact) mass is 302 g/mol. The van der Waals surface area contributed by atoms with Gasteiger partial charge in [-0.1, -0.05) is 6.92 Å². The van der Waals surface area contributed by atoms with Crippen molar-refractivity contribution in [1.82, 2.24) is 9.55 Å². The van der Waals surface area contributed by atoms with Crippen LogP contribution in [0.15, 0.2) is 22.1 Å². The zero-order valence-electron chi connectivity index (χ0n) is 8.29.